The molecule has 1 aliphatic rings. The fraction of sp³-hybridized carbons (Fsp3) is 0.600. The Balaban J connectivity index is 1.73. The molecule has 0 saturated carbocycles. The third-order valence-electron chi connectivity index (χ3n) is 3.55. The van der Waals surface area contributed by atoms with Crippen LogP contribution >= 0.6 is 0 Å². The number of nitrogens with zero attached hydrogens (tertiary/aromatic N) is 1. The molecule has 0 aliphatic carbocycles. The van der Waals surface area contributed by atoms with Crippen molar-refractivity contribution < 1.29 is 9.53 Å². The molecular formula is C15H24N4O2. The van der Waals surface area contributed by atoms with Gasteiger partial charge in [0.1, 0.15) is 5.82 Å². The van der Waals surface area contributed by atoms with Gasteiger partial charge in [-0.2, -0.15) is 0 Å². The molecular weight excluding hydrogens is 268 g/mol. The molecule has 1 amide bonds. The summed E-state index contributed by atoms with van der Waals surface area (Å²) in [4.78, 5) is 15.7. The monoisotopic (exact) mass is 292 g/mol. The zero-order valence-corrected chi connectivity index (χ0v) is 12.5. The summed E-state index contributed by atoms with van der Waals surface area (Å²) in [6.07, 6.45) is 3.42. The molecule has 2 heterocycles. The number of anilines is 1. The topological polar surface area (TPSA) is 89.3 Å². The first-order chi connectivity index (χ1) is 10.2. The van der Waals surface area contributed by atoms with Crippen LogP contribution in [0.15, 0.2) is 12.1 Å². The molecule has 6 nitrogen and oxygen atoms in total. The average Bonchev–Trinajstić information content (AvgIpc) is 2.48. The molecule has 6 heteroatoms. The van der Waals surface area contributed by atoms with E-state index in [1.165, 1.54) is 0 Å². The predicted molar refractivity (Wildman–Crippen MR) is 82.4 cm³/mol. The Labute approximate surface area is 125 Å². The molecule has 0 aromatic carbocycles. The lowest BCUT2D eigenvalue weighted by Gasteiger charge is -2.22. The second-order valence-corrected chi connectivity index (χ2v) is 5.31. The molecule has 0 unspecified atom stereocenters. The van der Waals surface area contributed by atoms with E-state index < -0.39 is 5.91 Å². The SMILES string of the molecule is Cc1ccc(C(N)=O)c(NCCCOC2CCNCC2)n1. The van der Waals surface area contributed by atoms with Gasteiger partial charge in [0.15, 0.2) is 0 Å². The zero-order valence-electron chi connectivity index (χ0n) is 12.5. The first-order valence-corrected chi connectivity index (χ1v) is 7.50. The minimum atomic E-state index is -0.462. The molecule has 116 valence electrons. The quantitative estimate of drug-likeness (QED) is 0.654. The van der Waals surface area contributed by atoms with Crippen molar-refractivity contribution in [3.05, 3.63) is 23.4 Å². The van der Waals surface area contributed by atoms with E-state index in [1.807, 2.05) is 6.92 Å². The van der Waals surface area contributed by atoms with Gasteiger partial charge < -0.3 is 21.1 Å². The Hall–Kier alpha value is -1.66. The lowest BCUT2D eigenvalue weighted by Crippen LogP contribution is -2.32. The number of hydrogen-bond donors (Lipinski definition) is 3. The van der Waals surface area contributed by atoms with Crippen LogP contribution in [0.25, 0.3) is 0 Å². The summed E-state index contributed by atoms with van der Waals surface area (Å²) in [6, 6.07) is 3.49. The Morgan fingerprint density at radius 3 is 2.95 bits per heavy atom. The highest BCUT2D eigenvalue weighted by molar-refractivity contribution is 5.97. The van der Waals surface area contributed by atoms with E-state index in [-0.39, 0.29) is 0 Å². The van der Waals surface area contributed by atoms with Gasteiger partial charge in [-0.3, -0.25) is 4.79 Å². The number of carbonyl (C=O) groups excluding carboxylic acids is 1. The van der Waals surface area contributed by atoms with Crippen LogP contribution in [0.4, 0.5) is 5.82 Å². The van der Waals surface area contributed by atoms with Gasteiger partial charge in [-0.05, 0) is 51.4 Å². The summed E-state index contributed by atoms with van der Waals surface area (Å²) < 4.78 is 5.83. The van der Waals surface area contributed by atoms with Gasteiger partial charge in [0.05, 0.1) is 11.7 Å². The summed E-state index contributed by atoms with van der Waals surface area (Å²) >= 11 is 0. The summed E-state index contributed by atoms with van der Waals surface area (Å²) in [7, 11) is 0. The van der Waals surface area contributed by atoms with E-state index in [1.54, 1.807) is 12.1 Å². The second-order valence-electron chi connectivity index (χ2n) is 5.31. The first-order valence-electron chi connectivity index (χ1n) is 7.50. The molecule has 21 heavy (non-hydrogen) atoms. The van der Waals surface area contributed by atoms with Gasteiger partial charge >= 0.3 is 0 Å². The van der Waals surface area contributed by atoms with E-state index in [0.717, 1.165) is 44.7 Å². The van der Waals surface area contributed by atoms with Crippen LogP contribution in [-0.2, 0) is 4.74 Å². The first kappa shape index (κ1) is 15.7. The van der Waals surface area contributed by atoms with Gasteiger partial charge in [-0.15, -0.1) is 0 Å². The molecule has 1 aromatic heterocycles. The predicted octanol–water partition coefficient (Wildman–Crippen LogP) is 1.06. The van der Waals surface area contributed by atoms with E-state index in [9.17, 15) is 4.79 Å². The third-order valence-corrected chi connectivity index (χ3v) is 3.55. The number of primary amides is 1. The largest absolute Gasteiger partial charge is 0.378 e. The number of ether oxygens (including phenoxy) is 1. The van der Waals surface area contributed by atoms with Crippen LogP contribution < -0.4 is 16.4 Å². The fourth-order valence-electron chi connectivity index (χ4n) is 2.38. The smallest absolute Gasteiger partial charge is 0.252 e. The van der Waals surface area contributed by atoms with Crippen molar-refractivity contribution in [3.63, 3.8) is 0 Å². The van der Waals surface area contributed by atoms with E-state index in [4.69, 9.17) is 10.5 Å². The summed E-state index contributed by atoms with van der Waals surface area (Å²) in [5.74, 6) is 0.0975. The van der Waals surface area contributed by atoms with Crippen LogP contribution in [0.5, 0.6) is 0 Å². The Kier molecular flexibility index (Phi) is 5.95. The van der Waals surface area contributed by atoms with E-state index in [0.29, 0.717) is 24.0 Å². The minimum Gasteiger partial charge on any atom is -0.378 e. The van der Waals surface area contributed by atoms with Crippen molar-refractivity contribution in [1.29, 1.82) is 0 Å². The standard InChI is InChI=1S/C15H24N4O2/c1-11-3-4-13(14(16)20)15(19-11)18-7-2-10-21-12-5-8-17-9-6-12/h3-4,12,17H,2,5-10H2,1H3,(H2,16,20)(H,18,19). The lowest BCUT2D eigenvalue weighted by molar-refractivity contribution is 0.0329. The maximum atomic E-state index is 11.3. The van der Waals surface area contributed by atoms with Gasteiger partial charge in [-0.1, -0.05) is 0 Å². The number of aryl methyl sites for hydroxylation is 1. The highest BCUT2D eigenvalue weighted by atomic mass is 16.5. The maximum absolute atomic E-state index is 11.3. The third kappa shape index (κ3) is 4.99. The van der Waals surface area contributed by atoms with Crippen molar-refractivity contribution in [2.24, 2.45) is 5.73 Å². The van der Waals surface area contributed by atoms with Crippen molar-refractivity contribution in [1.82, 2.24) is 10.3 Å². The van der Waals surface area contributed by atoms with Crippen LogP contribution in [0.3, 0.4) is 0 Å². The average molecular weight is 292 g/mol. The molecule has 0 spiro atoms. The van der Waals surface area contributed by atoms with Crippen LogP contribution in [0, 0.1) is 6.92 Å². The Morgan fingerprint density at radius 2 is 2.24 bits per heavy atom. The number of rotatable bonds is 7. The van der Waals surface area contributed by atoms with E-state index >= 15 is 0 Å². The van der Waals surface area contributed by atoms with Crippen molar-refractivity contribution >= 4 is 11.7 Å². The maximum Gasteiger partial charge on any atom is 0.252 e. The molecule has 1 aromatic rings. The Bertz CT molecular complexity index is 473. The van der Waals surface area contributed by atoms with Gasteiger partial charge in [0.2, 0.25) is 0 Å². The zero-order chi connectivity index (χ0) is 15.1. The minimum absolute atomic E-state index is 0.379. The number of pyridine rings is 1. The van der Waals surface area contributed by atoms with Crippen molar-refractivity contribution in [2.75, 3.05) is 31.6 Å². The lowest BCUT2D eigenvalue weighted by atomic mass is 10.1. The van der Waals surface area contributed by atoms with Crippen molar-refractivity contribution in [3.8, 4) is 0 Å². The van der Waals surface area contributed by atoms with Crippen molar-refractivity contribution in [2.45, 2.75) is 32.3 Å². The summed E-state index contributed by atoms with van der Waals surface area (Å²) in [6.45, 7) is 5.39. The van der Waals surface area contributed by atoms with Gasteiger partial charge in [0, 0.05) is 18.8 Å². The molecule has 1 saturated heterocycles. The molecule has 1 fully saturated rings. The van der Waals surface area contributed by atoms with Gasteiger partial charge in [-0.25, -0.2) is 4.98 Å². The normalized spacial score (nSPS) is 15.9. The Morgan fingerprint density at radius 1 is 1.48 bits per heavy atom. The molecule has 0 bridgehead atoms. The number of carbonyl (C=O) groups is 1. The molecule has 2 rings (SSSR count). The number of aromatic nitrogens is 1. The van der Waals surface area contributed by atoms with E-state index in [2.05, 4.69) is 15.6 Å². The van der Waals surface area contributed by atoms with Crippen LogP contribution in [0.2, 0.25) is 0 Å². The second kappa shape index (κ2) is 7.95. The highest BCUT2D eigenvalue weighted by Gasteiger charge is 2.13. The molecule has 1 aliphatic heterocycles. The molecule has 0 atom stereocenters. The number of amides is 1. The molecule has 4 N–H and O–H groups in total. The number of nitrogens with two attached hydrogens (primary N) is 1. The summed E-state index contributed by atoms with van der Waals surface area (Å²) in [5.41, 5.74) is 6.63. The van der Waals surface area contributed by atoms with Crippen LogP contribution in [-0.4, -0.2) is 43.2 Å². The number of hydrogen-bond acceptors (Lipinski definition) is 5. The van der Waals surface area contributed by atoms with Gasteiger partial charge in [0.25, 0.3) is 5.91 Å². The van der Waals surface area contributed by atoms with Crippen LogP contribution in [0.1, 0.15) is 35.3 Å². The summed E-state index contributed by atoms with van der Waals surface area (Å²) in [5, 5.41) is 6.48. The molecule has 0 radical (unpaired) electrons. The highest BCUT2D eigenvalue weighted by Crippen LogP contribution is 2.13. The fourth-order valence-corrected chi connectivity index (χ4v) is 2.38. The number of nitrogens with one attached hydrogen (secondary N) is 2. The number of piperidine rings is 1.